The van der Waals surface area contributed by atoms with Gasteiger partial charge in [0.05, 0.1) is 0 Å². The Labute approximate surface area is 99.8 Å². The SMILES string of the molecule is CC(Cl)CC(C)Cc1ccc(Br)cc1. The van der Waals surface area contributed by atoms with Crippen molar-refractivity contribution in [2.75, 3.05) is 0 Å². The summed E-state index contributed by atoms with van der Waals surface area (Å²) in [7, 11) is 0. The van der Waals surface area contributed by atoms with Crippen LogP contribution in [0.1, 0.15) is 25.8 Å². The maximum atomic E-state index is 5.96. The molecule has 0 radical (unpaired) electrons. The molecule has 0 saturated heterocycles. The minimum absolute atomic E-state index is 0.278. The Balaban J connectivity index is 2.47. The second kappa shape index (κ2) is 5.77. The Morgan fingerprint density at radius 3 is 2.29 bits per heavy atom. The highest BCUT2D eigenvalue weighted by Crippen LogP contribution is 2.18. The smallest absolute Gasteiger partial charge is 0.0310 e. The zero-order chi connectivity index (χ0) is 10.6. The fourth-order valence-corrected chi connectivity index (χ4v) is 2.23. The van der Waals surface area contributed by atoms with E-state index in [2.05, 4.69) is 54.0 Å². The highest BCUT2D eigenvalue weighted by molar-refractivity contribution is 9.10. The third-order valence-electron chi connectivity index (χ3n) is 2.22. The first-order valence-corrected chi connectivity index (χ1v) is 6.19. The predicted molar refractivity (Wildman–Crippen MR) is 66.9 cm³/mol. The lowest BCUT2D eigenvalue weighted by molar-refractivity contribution is 0.526. The van der Waals surface area contributed by atoms with Crippen LogP contribution in [0, 0.1) is 5.92 Å². The van der Waals surface area contributed by atoms with Crippen molar-refractivity contribution in [1.29, 1.82) is 0 Å². The summed E-state index contributed by atoms with van der Waals surface area (Å²) in [6, 6.07) is 8.51. The third-order valence-corrected chi connectivity index (χ3v) is 2.93. The average molecular weight is 276 g/mol. The van der Waals surface area contributed by atoms with Crippen LogP contribution in [0.5, 0.6) is 0 Å². The molecule has 0 aliphatic heterocycles. The van der Waals surface area contributed by atoms with Gasteiger partial charge in [-0.2, -0.15) is 0 Å². The molecule has 0 aliphatic rings. The molecule has 0 heterocycles. The van der Waals surface area contributed by atoms with Crippen molar-refractivity contribution in [2.45, 2.75) is 32.1 Å². The first kappa shape index (κ1) is 12.1. The summed E-state index contributed by atoms with van der Waals surface area (Å²) in [6.07, 6.45) is 2.20. The molecular formula is C12H16BrCl. The van der Waals surface area contributed by atoms with Crippen LogP contribution in [-0.4, -0.2) is 5.38 Å². The number of hydrogen-bond acceptors (Lipinski definition) is 0. The van der Waals surface area contributed by atoms with Gasteiger partial charge in [-0.3, -0.25) is 0 Å². The van der Waals surface area contributed by atoms with Crippen LogP contribution < -0.4 is 0 Å². The van der Waals surface area contributed by atoms with Crippen molar-refractivity contribution in [3.8, 4) is 0 Å². The molecule has 1 aromatic rings. The number of alkyl halides is 1. The van der Waals surface area contributed by atoms with Gasteiger partial charge in [-0.1, -0.05) is 35.0 Å². The lowest BCUT2D eigenvalue weighted by atomic mass is 9.97. The van der Waals surface area contributed by atoms with Gasteiger partial charge in [0.15, 0.2) is 0 Å². The summed E-state index contributed by atoms with van der Waals surface area (Å²) in [5, 5.41) is 0.278. The second-order valence-electron chi connectivity index (χ2n) is 3.95. The fourth-order valence-electron chi connectivity index (χ4n) is 1.66. The lowest BCUT2D eigenvalue weighted by Crippen LogP contribution is -2.05. The fraction of sp³-hybridized carbons (Fsp3) is 0.500. The molecule has 1 aromatic carbocycles. The molecule has 1 rings (SSSR count). The standard InChI is InChI=1S/C12H16BrCl/c1-9(7-10(2)14)8-11-3-5-12(13)6-4-11/h3-6,9-10H,7-8H2,1-2H3. The molecule has 0 amide bonds. The monoisotopic (exact) mass is 274 g/mol. The summed E-state index contributed by atoms with van der Waals surface area (Å²) < 4.78 is 1.14. The first-order valence-electron chi connectivity index (χ1n) is 4.96. The van der Waals surface area contributed by atoms with E-state index >= 15 is 0 Å². The van der Waals surface area contributed by atoms with Crippen LogP contribution in [0.4, 0.5) is 0 Å². The van der Waals surface area contributed by atoms with Gasteiger partial charge in [0, 0.05) is 9.85 Å². The summed E-state index contributed by atoms with van der Waals surface area (Å²) in [5.41, 5.74) is 1.39. The topological polar surface area (TPSA) is 0 Å². The van der Waals surface area contributed by atoms with Crippen molar-refractivity contribution < 1.29 is 0 Å². The molecule has 0 spiro atoms. The lowest BCUT2D eigenvalue weighted by Gasteiger charge is -2.12. The van der Waals surface area contributed by atoms with E-state index in [0.717, 1.165) is 17.3 Å². The van der Waals surface area contributed by atoms with E-state index in [0.29, 0.717) is 5.92 Å². The first-order chi connectivity index (χ1) is 6.58. The van der Waals surface area contributed by atoms with E-state index in [1.54, 1.807) is 0 Å². The maximum absolute atomic E-state index is 5.96. The van der Waals surface area contributed by atoms with Crippen LogP contribution >= 0.6 is 27.5 Å². The van der Waals surface area contributed by atoms with Crippen LogP contribution in [0.2, 0.25) is 0 Å². The van der Waals surface area contributed by atoms with E-state index < -0.39 is 0 Å². The highest BCUT2D eigenvalue weighted by Gasteiger charge is 2.06. The van der Waals surface area contributed by atoms with Crippen molar-refractivity contribution in [3.05, 3.63) is 34.3 Å². The molecule has 0 N–H and O–H groups in total. The Morgan fingerprint density at radius 1 is 1.21 bits per heavy atom. The van der Waals surface area contributed by atoms with E-state index in [4.69, 9.17) is 11.6 Å². The molecule has 2 atom stereocenters. The van der Waals surface area contributed by atoms with Crippen molar-refractivity contribution in [1.82, 2.24) is 0 Å². The zero-order valence-corrected chi connectivity index (χ0v) is 11.0. The molecule has 2 heteroatoms. The molecule has 0 nitrogen and oxygen atoms in total. The number of hydrogen-bond donors (Lipinski definition) is 0. The Morgan fingerprint density at radius 2 is 1.79 bits per heavy atom. The van der Waals surface area contributed by atoms with E-state index in [1.807, 2.05) is 0 Å². The highest BCUT2D eigenvalue weighted by atomic mass is 79.9. The summed E-state index contributed by atoms with van der Waals surface area (Å²) in [4.78, 5) is 0. The van der Waals surface area contributed by atoms with E-state index in [9.17, 15) is 0 Å². The maximum Gasteiger partial charge on any atom is 0.0310 e. The molecule has 14 heavy (non-hydrogen) atoms. The van der Waals surface area contributed by atoms with Crippen molar-refractivity contribution >= 4 is 27.5 Å². The molecule has 2 unspecified atom stereocenters. The van der Waals surface area contributed by atoms with Crippen molar-refractivity contribution in [2.24, 2.45) is 5.92 Å². The van der Waals surface area contributed by atoms with E-state index in [-0.39, 0.29) is 5.38 Å². The van der Waals surface area contributed by atoms with Crippen LogP contribution in [0.25, 0.3) is 0 Å². The van der Waals surface area contributed by atoms with Gasteiger partial charge >= 0.3 is 0 Å². The molecule has 0 aliphatic carbocycles. The van der Waals surface area contributed by atoms with Gasteiger partial charge in [-0.15, -0.1) is 11.6 Å². The molecule has 0 aromatic heterocycles. The van der Waals surface area contributed by atoms with Gasteiger partial charge in [0.1, 0.15) is 0 Å². The Hall–Kier alpha value is -0.0100. The summed E-state index contributed by atoms with van der Waals surface area (Å²) in [5.74, 6) is 0.656. The van der Waals surface area contributed by atoms with Gasteiger partial charge in [-0.25, -0.2) is 0 Å². The van der Waals surface area contributed by atoms with Crippen LogP contribution in [0.3, 0.4) is 0 Å². The largest absolute Gasteiger partial charge is 0.123 e. The van der Waals surface area contributed by atoms with Crippen LogP contribution in [0.15, 0.2) is 28.7 Å². The van der Waals surface area contributed by atoms with Crippen LogP contribution in [-0.2, 0) is 6.42 Å². The van der Waals surface area contributed by atoms with E-state index in [1.165, 1.54) is 5.56 Å². The third kappa shape index (κ3) is 4.47. The molecule has 0 bridgehead atoms. The quantitative estimate of drug-likeness (QED) is 0.702. The minimum Gasteiger partial charge on any atom is -0.123 e. The Bertz CT molecular complexity index is 266. The number of rotatable bonds is 4. The van der Waals surface area contributed by atoms with Gasteiger partial charge in [0.25, 0.3) is 0 Å². The molecule has 0 fully saturated rings. The van der Waals surface area contributed by atoms with Gasteiger partial charge in [-0.05, 0) is 43.4 Å². The summed E-state index contributed by atoms with van der Waals surface area (Å²) in [6.45, 7) is 4.31. The summed E-state index contributed by atoms with van der Waals surface area (Å²) >= 11 is 9.39. The normalized spacial score (nSPS) is 15.1. The predicted octanol–water partition coefficient (Wildman–Crippen LogP) is 4.65. The zero-order valence-electron chi connectivity index (χ0n) is 8.63. The number of benzene rings is 1. The second-order valence-corrected chi connectivity index (χ2v) is 5.61. The van der Waals surface area contributed by atoms with Crippen molar-refractivity contribution in [3.63, 3.8) is 0 Å². The number of halogens is 2. The Kier molecular flexibility index (Phi) is 4.97. The van der Waals surface area contributed by atoms with Gasteiger partial charge < -0.3 is 0 Å². The van der Waals surface area contributed by atoms with Gasteiger partial charge in [0.2, 0.25) is 0 Å². The minimum atomic E-state index is 0.278. The molecular weight excluding hydrogens is 259 g/mol. The molecule has 78 valence electrons. The molecule has 0 saturated carbocycles. The average Bonchev–Trinajstić information content (AvgIpc) is 2.07.